The van der Waals surface area contributed by atoms with Crippen LogP contribution in [0.1, 0.15) is 48.0 Å². The molecule has 0 N–H and O–H groups in total. The van der Waals surface area contributed by atoms with Gasteiger partial charge in [-0.25, -0.2) is 0 Å². The van der Waals surface area contributed by atoms with Gasteiger partial charge in [-0.1, -0.05) is 13.8 Å². The molecule has 23 heavy (non-hydrogen) atoms. The number of fused-ring (bicyclic) bond motifs is 3. The first kappa shape index (κ1) is 17.6. The minimum Gasteiger partial charge on any atom is -0.379 e. The van der Waals surface area contributed by atoms with Crippen molar-refractivity contribution in [3.63, 3.8) is 0 Å². The molecule has 3 rings (SSSR count). The lowest BCUT2D eigenvalue weighted by Crippen LogP contribution is -2.56. The maximum absolute atomic E-state index is 6.08. The second kappa shape index (κ2) is 6.24. The zero-order valence-electron chi connectivity index (χ0n) is 15.0. The minimum absolute atomic E-state index is 0.204. The summed E-state index contributed by atoms with van der Waals surface area (Å²) in [5.74, 6) is -0.708. The third-order valence-electron chi connectivity index (χ3n) is 4.37. The summed E-state index contributed by atoms with van der Waals surface area (Å²) in [4.78, 5) is 0. The molecule has 6 nitrogen and oxygen atoms in total. The van der Waals surface area contributed by atoms with Crippen LogP contribution in [0.3, 0.4) is 0 Å². The number of hydrogen-bond donors (Lipinski definition) is 0. The average Bonchev–Trinajstić information content (AvgIpc) is 2.88. The van der Waals surface area contributed by atoms with Crippen LogP contribution >= 0.6 is 0 Å². The largest absolute Gasteiger partial charge is 0.379 e. The third-order valence-corrected chi connectivity index (χ3v) is 4.37. The molecule has 3 aliphatic rings. The zero-order chi connectivity index (χ0) is 16.8. The van der Waals surface area contributed by atoms with Crippen molar-refractivity contribution >= 4 is 0 Å². The van der Waals surface area contributed by atoms with Crippen molar-refractivity contribution in [2.75, 3.05) is 13.2 Å². The van der Waals surface area contributed by atoms with E-state index in [2.05, 4.69) is 13.8 Å². The Balaban J connectivity index is 1.66. The van der Waals surface area contributed by atoms with E-state index in [-0.39, 0.29) is 24.4 Å². The SMILES string of the molecule is CC(C)CCOC[C@H]1O[C@@H]2OC(C)(C)O[C@@H]2[C@H]2OC(C)(C)O[C@H]21. The molecule has 0 aromatic carbocycles. The van der Waals surface area contributed by atoms with E-state index in [1.165, 1.54) is 0 Å². The van der Waals surface area contributed by atoms with E-state index in [0.29, 0.717) is 12.5 Å². The standard InChI is InChI=1S/C17H30O6/c1-10(2)7-8-18-9-11-12-13(21-16(3,4)20-12)14-15(19-11)23-17(5,6)22-14/h10-15H,7-9H2,1-6H3/t11-,12+,13+,14-,15-/m1/s1. The Morgan fingerprint density at radius 2 is 1.48 bits per heavy atom. The highest BCUT2D eigenvalue weighted by molar-refractivity contribution is 5.00. The summed E-state index contributed by atoms with van der Waals surface area (Å²) < 4.78 is 35.9. The molecule has 0 aliphatic carbocycles. The molecule has 3 saturated heterocycles. The Labute approximate surface area is 138 Å². The Kier molecular flexibility index (Phi) is 4.77. The summed E-state index contributed by atoms with van der Waals surface area (Å²) in [6.07, 6.45) is -0.312. The molecule has 0 aromatic heterocycles. The number of ether oxygens (including phenoxy) is 6. The maximum Gasteiger partial charge on any atom is 0.190 e. The summed E-state index contributed by atoms with van der Waals surface area (Å²) >= 11 is 0. The zero-order valence-corrected chi connectivity index (χ0v) is 15.0. The molecule has 0 unspecified atom stereocenters. The van der Waals surface area contributed by atoms with Crippen molar-refractivity contribution in [1.82, 2.24) is 0 Å². The molecule has 0 bridgehead atoms. The predicted molar refractivity (Wildman–Crippen MR) is 82.8 cm³/mol. The van der Waals surface area contributed by atoms with Crippen molar-refractivity contribution in [1.29, 1.82) is 0 Å². The highest BCUT2D eigenvalue weighted by atomic mass is 16.9. The smallest absolute Gasteiger partial charge is 0.190 e. The molecule has 3 fully saturated rings. The summed E-state index contributed by atoms with van der Waals surface area (Å²) in [6, 6.07) is 0. The molecule has 6 heteroatoms. The van der Waals surface area contributed by atoms with E-state index in [9.17, 15) is 0 Å². The fourth-order valence-corrected chi connectivity index (χ4v) is 3.35. The maximum atomic E-state index is 6.08. The topological polar surface area (TPSA) is 55.4 Å². The van der Waals surface area contributed by atoms with Crippen LogP contribution in [-0.4, -0.2) is 55.5 Å². The van der Waals surface area contributed by atoms with Gasteiger partial charge in [-0.15, -0.1) is 0 Å². The number of rotatable bonds is 5. The molecule has 0 aromatic rings. The minimum atomic E-state index is -0.677. The molecule has 3 heterocycles. The van der Waals surface area contributed by atoms with Crippen molar-refractivity contribution in [3.8, 4) is 0 Å². The van der Waals surface area contributed by atoms with Crippen molar-refractivity contribution in [2.45, 2.75) is 90.2 Å². The Bertz CT molecular complexity index is 421. The highest BCUT2D eigenvalue weighted by Gasteiger charge is 2.60. The van der Waals surface area contributed by atoms with Crippen LogP contribution < -0.4 is 0 Å². The fourth-order valence-electron chi connectivity index (χ4n) is 3.35. The van der Waals surface area contributed by atoms with Gasteiger partial charge >= 0.3 is 0 Å². The van der Waals surface area contributed by atoms with Gasteiger partial charge in [0.25, 0.3) is 0 Å². The first-order chi connectivity index (χ1) is 10.7. The van der Waals surface area contributed by atoms with Gasteiger partial charge in [0.05, 0.1) is 6.61 Å². The van der Waals surface area contributed by atoms with E-state index >= 15 is 0 Å². The Hall–Kier alpha value is -0.240. The van der Waals surface area contributed by atoms with E-state index in [1.807, 2.05) is 27.7 Å². The first-order valence-electron chi connectivity index (χ1n) is 8.61. The second-order valence-electron chi connectivity index (χ2n) is 7.97. The van der Waals surface area contributed by atoms with Crippen LogP contribution in [-0.2, 0) is 28.4 Å². The molecule has 5 atom stereocenters. The van der Waals surface area contributed by atoms with Gasteiger partial charge in [-0.05, 0) is 40.0 Å². The van der Waals surface area contributed by atoms with Crippen LogP contribution in [0.4, 0.5) is 0 Å². The van der Waals surface area contributed by atoms with Crippen molar-refractivity contribution in [3.05, 3.63) is 0 Å². The normalized spacial score (nSPS) is 41.1. The molecular weight excluding hydrogens is 300 g/mol. The lowest BCUT2D eigenvalue weighted by Gasteiger charge is -2.37. The van der Waals surface area contributed by atoms with Gasteiger partial charge < -0.3 is 28.4 Å². The molecule has 0 spiro atoms. The highest BCUT2D eigenvalue weighted by Crippen LogP contribution is 2.44. The van der Waals surface area contributed by atoms with Crippen LogP contribution in [0.15, 0.2) is 0 Å². The van der Waals surface area contributed by atoms with Gasteiger partial charge in [-0.2, -0.15) is 0 Å². The number of hydrogen-bond acceptors (Lipinski definition) is 6. The molecule has 0 radical (unpaired) electrons. The van der Waals surface area contributed by atoms with E-state index in [1.54, 1.807) is 0 Å². The van der Waals surface area contributed by atoms with Crippen LogP contribution in [0, 0.1) is 5.92 Å². The summed E-state index contributed by atoms with van der Waals surface area (Å²) in [6.45, 7) is 13.2. The lowest BCUT2D eigenvalue weighted by atomic mass is 9.99. The van der Waals surface area contributed by atoms with Crippen molar-refractivity contribution < 1.29 is 28.4 Å². The summed E-state index contributed by atoms with van der Waals surface area (Å²) in [7, 11) is 0. The molecule has 0 saturated carbocycles. The second-order valence-corrected chi connectivity index (χ2v) is 7.97. The molecule has 134 valence electrons. The van der Waals surface area contributed by atoms with Gasteiger partial charge in [-0.3, -0.25) is 0 Å². The first-order valence-corrected chi connectivity index (χ1v) is 8.61. The predicted octanol–water partition coefficient (Wildman–Crippen LogP) is 2.45. The van der Waals surface area contributed by atoms with Gasteiger partial charge in [0.1, 0.15) is 24.4 Å². The molecule has 0 amide bonds. The van der Waals surface area contributed by atoms with Gasteiger partial charge in [0, 0.05) is 6.61 Å². The van der Waals surface area contributed by atoms with E-state index in [4.69, 9.17) is 28.4 Å². The van der Waals surface area contributed by atoms with Crippen LogP contribution in [0.25, 0.3) is 0 Å². The van der Waals surface area contributed by atoms with E-state index in [0.717, 1.165) is 13.0 Å². The van der Waals surface area contributed by atoms with Gasteiger partial charge in [0.2, 0.25) is 0 Å². The third kappa shape index (κ3) is 3.89. The molecular formula is C17H30O6. The monoisotopic (exact) mass is 330 g/mol. The average molecular weight is 330 g/mol. The fraction of sp³-hybridized carbons (Fsp3) is 1.00. The summed E-state index contributed by atoms with van der Waals surface area (Å²) in [5, 5.41) is 0. The lowest BCUT2D eigenvalue weighted by molar-refractivity contribution is -0.243. The van der Waals surface area contributed by atoms with Crippen molar-refractivity contribution in [2.24, 2.45) is 5.92 Å². The Morgan fingerprint density at radius 1 is 0.870 bits per heavy atom. The quantitative estimate of drug-likeness (QED) is 0.722. The Morgan fingerprint density at radius 3 is 2.17 bits per heavy atom. The van der Waals surface area contributed by atoms with Crippen LogP contribution in [0.5, 0.6) is 0 Å². The van der Waals surface area contributed by atoms with E-state index < -0.39 is 17.9 Å². The van der Waals surface area contributed by atoms with Gasteiger partial charge in [0.15, 0.2) is 17.9 Å². The summed E-state index contributed by atoms with van der Waals surface area (Å²) in [5.41, 5.74) is 0. The molecule has 3 aliphatic heterocycles. The van der Waals surface area contributed by atoms with Crippen LogP contribution in [0.2, 0.25) is 0 Å².